The van der Waals surface area contributed by atoms with Crippen molar-refractivity contribution in [3.8, 4) is 0 Å². The van der Waals surface area contributed by atoms with Crippen LogP contribution >= 0.6 is 0 Å². The molecule has 0 spiro atoms. The molecule has 13 heavy (non-hydrogen) atoms. The Morgan fingerprint density at radius 2 is 1.62 bits per heavy atom. The molecular weight excluding hydrogens is 176 g/mol. The first kappa shape index (κ1) is 12.8. The van der Waals surface area contributed by atoms with E-state index in [2.05, 4.69) is 40.8 Å². The third-order valence-corrected chi connectivity index (χ3v) is 9.46. The molecule has 0 atom stereocenters. The third kappa shape index (κ3) is 2.60. The van der Waals surface area contributed by atoms with Crippen molar-refractivity contribution in [3.05, 3.63) is 12.0 Å². The Morgan fingerprint density at radius 1 is 1.23 bits per heavy atom. The monoisotopic (exact) mass is 200 g/mol. The predicted octanol–water partition coefficient (Wildman–Crippen LogP) is 3.97. The Morgan fingerprint density at radius 3 is 1.85 bits per heavy atom. The van der Waals surface area contributed by atoms with Crippen LogP contribution in [0.25, 0.3) is 0 Å². The zero-order valence-corrected chi connectivity index (χ0v) is 11.0. The van der Waals surface area contributed by atoms with Gasteiger partial charge < -0.3 is 4.74 Å². The van der Waals surface area contributed by atoms with Crippen LogP contribution in [0.15, 0.2) is 12.0 Å². The van der Waals surface area contributed by atoms with Gasteiger partial charge in [-0.3, -0.25) is 0 Å². The quantitative estimate of drug-likeness (QED) is 0.482. The van der Waals surface area contributed by atoms with Crippen LogP contribution in [-0.2, 0) is 4.74 Å². The van der Waals surface area contributed by atoms with E-state index in [0.717, 1.165) is 12.0 Å². The van der Waals surface area contributed by atoms with Crippen LogP contribution in [0.5, 0.6) is 0 Å². The van der Waals surface area contributed by atoms with Crippen LogP contribution < -0.4 is 0 Å². The third-order valence-electron chi connectivity index (χ3n) is 3.32. The van der Waals surface area contributed by atoms with Crippen LogP contribution in [0, 0.1) is 0 Å². The second-order valence-electron chi connectivity index (χ2n) is 4.45. The van der Waals surface area contributed by atoms with E-state index in [1.54, 1.807) is 0 Å². The van der Waals surface area contributed by atoms with Crippen LogP contribution in [0.1, 0.15) is 34.6 Å². The summed E-state index contributed by atoms with van der Waals surface area (Å²) in [5, 5.41) is 1.07. The van der Waals surface area contributed by atoms with Gasteiger partial charge in [0.1, 0.15) is 8.07 Å². The maximum Gasteiger partial charge on any atom is 0.132 e. The van der Waals surface area contributed by atoms with Gasteiger partial charge in [0.15, 0.2) is 0 Å². The minimum Gasteiger partial charge on any atom is -0.504 e. The second kappa shape index (κ2) is 4.84. The molecule has 0 aliphatic rings. The standard InChI is InChI=1S/C11H24OSi/c1-8-12-11(6)13(7,9(2)3)10(4)5/h9-10H,6,8H2,1-5,7H3. The minimum atomic E-state index is -1.45. The summed E-state index contributed by atoms with van der Waals surface area (Å²) >= 11 is 0. The smallest absolute Gasteiger partial charge is 0.132 e. The van der Waals surface area contributed by atoms with Crippen molar-refractivity contribution in [3.63, 3.8) is 0 Å². The Labute approximate surface area is 84.2 Å². The molecule has 78 valence electrons. The highest BCUT2D eigenvalue weighted by atomic mass is 28.3. The Kier molecular flexibility index (Phi) is 4.75. The molecular formula is C11H24OSi. The molecule has 0 aliphatic carbocycles. The van der Waals surface area contributed by atoms with Crippen LogP contribution in [0.4, 0.5) is 0 Å². The summed E-state index contributed by atoms with van der Waals surface area (Å²) in [6, 6.07) is 0. The molecule has 0 unspecified atom stereocenters. The zero-order valence-electron chi connectivity index (χ0n) is 9.98. The van der Waals surface area contributed by atoms with Gasteiger partial charge in [0.25, 0.3) is 0 Å². The first-order chi connectivity index (χ1) is 5.87. The average Bonchev–Trinajstić information content (AvgIpc) is 2.02. The molecule has 0 amide bonds. The largest absolute Gasteiger partial charge is 0.504 e. The molecule has 0 aromatic heterocycles. The van der Waals surface area contributed by atoms with Gasteiger partial charge in [-0.05, 0) is 18.0 Å². The summed E-state index contributed by atoms with van der Waals surface area (Å²) < 4.78 is 5.60. The predicted molar refractivity (Wildman–Crippen MR) is 62.6 cm³/mol. The van der Waals surface area contributed by atoms with Crippen molar-refractivity contribution < 1.29 is 4.74 Å². The Bertz CT molecular complexity index is 165. The lowest BCUT2D eigenvalue weighted by Crippen LogP contribution is -2.40. The van der Waals surface area contributed by atoms with Gasteiger partial charge in [0.05, 0.1) is 12.0 Å². The molecule has 0 saturated carbocycles. The van der Waals surface area contributed by atoms with Crippen LogP contribution in [0.2, 0.25) is 17.6 Å². The summed E-state index contributed by atoms with van der Waals surface area (Å²) in [6.07, 6.45) is 0. The van der Waals surface area contributed by atoms with Crippen LogP contribution in [-0.4, -0.2) is 14.7 Å². The summed E-state index contributed by atoms with van der Waals surface area (Å²) in [6.45, 7) is 18.4. The van der Waals surface area contributed by atoms with E-state index < -0.39 is 8.07 Å². The SMILES string of the molecule is C=C(OCC)[Si](C)(C(C)C)C(C)C. The van der Waals surface area contributed by atoms with Crippen molar-refractivity contribution in [1.82, 2.24) is 0 Å². The molecule has 0 heterocycles. The number of hydrogen-bond donors (Lipinski definition) is 0. The van der Waals surface area contributed by atoms with E-state index in [1.807, 2.05) is 6.92 Å². The topological polar surface area (TPSA) is 9.23 Å². The maximum absolute atomic E-state index is 5.60. The van der Waals surface area contributed by atoms with Gasteiger partial charge >= 0.3 is 0 Å². The van der Waals surface area contributed by atoms with E-state index in [9.17, 15) is 0 Å². The number of rotatable bonds is 5. The highest BCUT2D eigenvalue weighted by molar-refractivity contribution is 6.87. The highest BCUT2D eigenvalue weighted by Crippen LogP contribution is 2.37. The highest BCUT2D eigenvalue weighted by Gasteiger charge is 2.39. The molecule has 0 fully saturated rings. The molecule has 0 saturated heterocycles. The number of hydrogen-bond acceptors (Lipinski definition) is 1. The zero-order chi connectivity index (χ0) is 10.6. The van der Waals surface area contributed by atoms with Gasteiger partial charge in [-0.15, -0.1) is 0 Å². The first-order valence-electron chi connectivity index (χ1n) is 5.19. The minimum absolute atomic E-state index is 0.701. The van der Waals surface area contributed by atoms with Crippen molar-refractivity contribution in [1.29, 1.82) is 0 Å². The van der Waals surface area contributed by atoms with Crippen molar-refractivity contribution >= 4 is 8.07 Å². The average molecular weight is 200 g/mol. The van der Waals surface area contributed by atoms with E-state index in [4.69, 9.17) is 4.74 Å². The van der Waals surface area contributed by atoms with E-state index in [0.29, 0.717) is 11.1 Å². The lowest BCUT2D eigenvalue weighted by Gasteiger charge is -2.36. The van der Waals surface area contributed by atoms with Crippen molar-refractivity contribution in [2.24, 2.45) is 0 Å². The molecule has 0 bridgehead atoms. The molecule has 0 aromatic rings. The van der Waals surface area contributed by atoms with Crippen molar-refractivity contribution in [2.45, 2.75) is 52.2 Å². The summed E-state index contributed by atoms with van der Waals surface area (Å²) in [5.74, 6) is 0. The van der Waals surface area contributed by atoms with Gasteiger partial charge in [-0.1, -0.05) is 40.8 Å². The molecule has 0 aromatic carbocycles. The molecule has 0 rings (SSSR count). The fourth-order valence-corrected chi connectivity index (χ4v) is 4.72. The Balaban J connectivity index is 4.69. The second-order valence-corrected chi connectivity index (χ2v) is 9.88. The van der Waals surface area contributed by atoms with E-state index >= 15 is 0 Å². The fraction of sp³-hybridized carbons (Fsp3) is 0.818. The van der Waals surface area contributed by atoms with Gasteiger partial charge in [0, 0.05) is 0 Å². The lowest BCUT2D eigenvalue weighted by molar-refractivity contribution is 0.249. The van der Waals surface area contributed by atoms with E-state index in [-0.39, 0.29) is 0 Å². The Hall–Kier alpha value is -0.243. The van der Waals surface area contributed by atoms with Gasteiger partial charge in [-0.2, -0.15) is 0 Å². The molecule has 0 radical (unpaired) electrons. The lowest BCUT2D eigenvalue weighted by atomic mass is 10.5. The van der Waals surface area contributed by atoms with E-state index in [1.165, 1.54) is 0 Å². The summed E-state index contributed by atoms with van der Waals surface area (Å²) in [7, 11) is -1.45. The fourth-order valence-electron chi connectivity index (χ4n) is 1.64. The van der Waals surface area contributed by atoms with Gasteiger partial charge in [0.2, 0.25) is 0 Å². The molecule has 2 heteroatoms. The van der Waals surface area contributed by atoms with Crippen LogP contribution in [0.3, 0.4) is 0 Å². The first-order valence-corrected chi connectivity index (χ1v) is 7.84. The molecule has 0 N–H and O–H groups in total. The number of ether oxygens (including phenoxy) is 1. The summed E-state index contributed by atoms with van der Waals surface area (Å²) in [4.78, 5) is 0. The van der Waals surface area contributed by atoms with Gasteiger partial charge in [-0.25, -0.2) is 0 Å². The molecule has 1 nitrogen and oxygen atoms in total. The normalized spacial score (nSPS) is 12.3. The maximum atomic E-state index is 5.60. The molecule has 0 aliphatic heterocycles. The summed E-state index contributed by atoms with van der Waals surface area (Å²) in [5.41, 5.74) is 1.40. The van der Waals surface area contributed by atoms with Crippen molar-refractivity contribution in [2.75, 3.05) is 6.61 Å².